The van der Waals surface area contributed by atoms with E-state index in [0.717, 1.165) is 5.56 Å². The Balaban J connectivity index is 1.77. The van der Waals surface area contributed by atoms with E-state index in [1.54, 1.807) is 41.0 Å². The van der Waals surface area contributed by atoms with E-state index >= 15 is 0 Å². The fourth-order valence-electron chi connectivity index (χ4n) is 3.60. The standard InChI is InChI=1S/C26H20ClFN2O3/c1-2-16-3-12-23-21(13-16)26(33)22(25(32)17-4-8-19(28)9-5-17)14-30(23)15-24(31)29-20-10-6-18(27)7-11-20/h3-14H,2,15H2,1H3,(H,29,31). The van der Waals surface area contributed by atoms with Crippen molar-refractivity contribution in [2.45, 2.75) is 19.9 Å². The van der Waals surface area contributed by atoms with E-state index in [4.69, 9.17) is 11.6 Å². The summed E-state index contributed by atoms with van der Waals surface area (Å²) in [5.41, 5.74) is 1.73. The van der Waals surface area contributed by atoms with Crippen molar-refractivity contribution in [1.29, 1.82) is 0 Å². The number of fused-ring (bicyclic) bond motifs is 1. The predicted molar refractivity (Wildman–Crippen MR) is 128 cm³/mol. The second-order valence-electron chi connectivity index (χ2n) is 7.60. The summed E-state index contributed by atoms with van der Waals surface area (Å²) in [5.74, 6) is -1.34. The maximum atomic E-state index is 13.3. The maximum absolute atomic E-state index is 13.3. The number of carbonyl (C=O) groups excluding carboxylic acids is 2. The van der Waals surface area contributed by atoms with Crippen molar-refractivity contribution in [2.75, 3.05) is 5.32 Å². The molecule has 3 aromatic carbocycles. The molecule has 0 unspecified atom stereocenters. The van der Waals surface area contributed by atoms with Crippen LogP contribution < -0.4 is 10.7 Å². The quantitative estimate of drug-likeness (QED) is 0.399. The Morgan fingerprint density at radius 3 is 2.36 bits per heavy atom. The fraction of sp³-hybridized carbons (Fsp3) is 0.115. The van der Waals surface area contributed by atoms with E-state index in [-0.39, 0.29) is 23.6 Å². The van der Waals surface area contributed by atoms with Crippen LogP contribution in [0.4, 0.5) is 10.1 Å². The summed E-state index contributed by atoms with van der Waals surface area (Å²) in [6.45, 7) is 1.85. The van der Waals surface area contributed by atoms with Crippen molar-refractivity contribution in [3.63, 3.8) is 0 Å². The molecule has 4 rings (SSSR count). The third-order valence-corrected chi connectivity index (χ3v) is 5.60. The molecule has 1 N–H and O–H groups in total. The largest absolute Gasteiger partial charge is 0.337 e. The van der Waals surface area contributed by atoms with Crippen LogP contribution in [0.25, 0.3) is 10.9 Å². The highest BCUT2D eigenvalue weighted by Gasteiger charge is 2.19. The highest BCUT2D eigenvalue weighted by molar-refractivity contribution is 6.30. The number of aromatic nitrogens is 1. The molecule has 0 aliphatic heterocycles. The Labute approximate surface area is 194 Å². The minimum absolute atomic E-state index is 0.0818. The van der Waals surface area contributed by atoms with Gasteiger partial charge in [0.05, 0.1) is 11.1 Å². The van der Waals surface area contributed by atoms with E-state index in [9.17, 15) is 18.8 Å². The van der Waals surface area contributed by atoms with E-state index < -0.39 is 17.0 Å². The van der Waals surface area contributed by atoms with Crippen LogP contribution in [-0.2, 0) is 17.8 Å². The van der Waals surface area contributed by atoms with Gasteiger partial charge in [-0.25, -0.2) is 4.39 Å². The summed E-state index contributed by atoms with van der Waals surface area (Å²) >= 11 is 5.89. The van der Waals surface area contributed by atoms with Crippen molar-refractivity contribution < 1.29 is 14.0 Å². The van der Waals surface area contributed by atoms with E-state index in [1.165, 1.54) is 30.5 Å². The van der Waals surface area contributed by atoms with Gasteiger partial charge in [0.15, 0.2) is 5.78 Å². The molecule has 0 aliphatic carbocycles. The minimum atomic E-state index is -0.532. The first-order valence-electron chi connectivity index (χ1n) is 10.4. The zero-order chi connectivity index (χ0) is 23.5. The molecule has 1 heterocycles. The SMILES string of the molecule is CCc1ccc2c(c1)c(=O)c(C(=O)c1ccc(F)cc1)cn2CC(=O)Nc1ccc(Cl)cc1. The van der Waals surface area contributed by atoms with E-state index in [1.807, 2.05) is 13.0 Å². The fourth-order valence-corrected chi connectivity index (χ4v) is 3.73. The molecule has 4 aromatic rings. The second-order valence-corrected chi connectivity index (χ2v) is 8.03. The summed E-state index contributed by atoms with van der Waals surface area (Å²) in [4.78, 5) is 39.0. The van der Waals surface area contributed by atoms with Gasteiger partial charge in [-0.3, -0.25) is 14.4 Å². The molecule has 1 amide bonds. The van der Waals surface area contributed by atoms with Gasteiger partial charge in [0.1, 0.15) is 12.4 Å². The molecule has 5 nitrogen and oxygen atoms in total. The highest BCUT2D eigenvalue weighted by Crippen LogP contribution is 2.18. The van der Waals surface area contributed by atoms with Gasteiger partial charge >= 0.3 is 0 Å². The van der Waals surface area contributed by atoms with Gasteiger partial charge in [0.25, 0.3) is 0 Å². The number of halogens is 2. The highest BCUT2D eigenvalue weighted by atomic mass is 35.5. The Hall–Kier alpha value is -3.77. The molecule has 166 valence electrons. The molecule has 0 aliphatic rings. The first-order valence-corrected chi connectivity index (χ1v) is 10.7. The lowest BCUT2D eigenvalue weighted by Crippen LogP contribution is -2.24. The van der Waals surface area contributed by atoms with Crippen LogP contribution in [0.15, 0.2) is 77.7 Å². The summed E-state index contributed by atoms with van der Waals surface area (Å²) in [5, 5.41) is 3.68. The molecule has 0 fully saturated rings. The van der Waals surface area contributed by atoms with Gasteiger partial charge in [-0.2, -0.15) is 0 Å². The molecular weight excluding hydrogens is 443 g/mol. The molecule has 0 atom stereocenters. The number of amides is 1. The third-order valence-electron chi connectivity index (χ3n) is 5.35. The van der Waals surface area contributed by atoms with E-state index in [2.05, 4.69) is 5.32 Å². The summed E-state index contributed by atoms with van der Waals surface area (Å²) in [6, 6.07) is 17.1. The van der Waals surface area contributed by atoms with Crippen molar-refractivity contribution in [2.24, 2.45) is 0 Å². The summed E-state index contributed by atoms with van der Waals surface area (Å²) in [7, 11) is 0. The van der Waals surface area contributed by atoms with Crippen LogP contribution in [0.2, 0.25) is 5.02 Å². The average molecular weight is 463 g/mol. The van der Waals surface area contributed by atoms with Crippen LogP contribution in [0.3, 0.4) is 0 Å². The van der Waals surface area contributed by atoms with Crippen molar-refractivity contribution in [3.8, 4) is 0 Å². The first-order chi connectivity index (χ1) is 15.9. The van der Waals surface area contributed by atoms with Crippen LogP contribution >= 0.6 is 11.6 Å². The van der Waals surface area contributed by atoms with Crippen molar-refractivity contribution >= 4 is 39.9 Å². The molecule has 7 heteroatoms. The number of rotatable bonds is 6. The molecule has 1 aromatic heterocycles. The number of hydrogen-bond donors (Lipinski definition) is 1. The lowest BCUT2D eigenvalue weighted by atomic mass is 10.0. The number of aryl methyl sites for hydroxylation is 1. The number of nitrogens with zero attached hydrogens (tertiary/aromatic N) is 1. The third kappa shape index (κ3) is 4.86. The first kappa shape index (κ1) is 22.4. The normalized spacial score (nSPS) is 10.9. The van der Waals surface area contributed by atoms with E-state index in [0.29, 0.717) is 28.0 Å². The van der Waals surface area contributed by atoms with Crippen LogP contribution in [0, 0.1) is 5.82 Å². The van der Waals surface area contributed by atoms with Gasteiger partial charge in [-0.05, 0) is 72.6 Å². The minimum Gasteiger partial charge on any atom is -0.337 e. The molecule has 0 radical (unpaired) electrons. The number of pyridine rings is 1. The number of benzene rings is 3. The van der Waals surface area contributed by atoms with Gasteiger partial charge in [0.2, 0.25) is 11.3 Å². The molecule has 0 saturated heterocycles. The average Bonchev–Trinajstić information content (AvgIpc) is 2.82. The number of nitrogens with one attached hydrogen (secondary N) is 1. The Morgan fingerprint density at radius 1 is 1.00 bits per heavy atom. The van der Waals surface area contributed by atoms with Crippen LogP contribution in [-0.4, -0.2) is 16.3 Å². The smallest absolute Gasteiger partial charge is 0.244 e. The molecule has 0 saturated carbocycles. The molecular formula is C26H20ClFN2O3. The topological polar surface area (TPSA) is 68.2 Å². The monoisotopic (exact) mass is 462 g/mol. The number of ketones is 1. The Bertz CT molecular complexity index is 1410. The second kappa shape index (κ2) is 9.38. The van der Waals surface area contributed by atoms with Crippen LogP contribution in [0.1, 0.15) is 28.4 Å². The zero-order valence-corrected chi connectivity index (χ0v) is 18.5. The summed E-state index contributed by atoms with van der Waals surface area (Å²) < 4.78 is 14.9. The van der Waals surface area contributed by atoms with Gasteiger partial charge < -0.3 is 9.88 Å². The molecule has 0 spiro atoms. The van der Waals surface area contributed by atoms with Crippen molar-refractivity contribution in [3.05, 3.63) is 111 Å². The Kier molecular flexibility index (Phi) is 6.38. The molecule has 0 bridgehead atoms. The Morgan fingerprint density at radius 2 is 1.70 bits per heavy atom. The number of carbonyl (C=O) groups is 2. The van der Waals surface area contributed by atoms with Gasteiger partial charge in [-0.1, -0.05) is 24.6 Å². The molecule has 33 heavy (non-hydrogen) atoms. The number of anilines is 1. The maximum Gasteiger partial charge on any atom is 0.244 e. The van der Waals surface area contributed by atoms with Gasteiger partial charge in [-0.15, -0.1) is 0 Å². The lowest BCUT2D eigenvalue weighted by molar-refractivity contribution is -0.116. The van der Waals surface area contributed by atoms with Crippen LogP contribution in [0.5, 0.6) is 0 Å². The van der Waals surface area contributed by atoms with Crippen molar-refractivity contribution in [1.82, 2.24) is 4.57 Å². The lowest BCUT2D eigenvalue weighted by Gasteiger charge is -2.14. The zero-order valence-electron chi connectivity index (χ0n) is 17.8. The summed E-state index contributed by atoms with van der Waals surface area (Å²) in [6.07, 6.45) is 2.10. The number of hydrogen-bond acceptors (Lipinski definition) is 3. The predicted octanol–water partition coefficient (Wildman–Crippen LogP) is 5.23. The van der Waals surface area contributed by atoms with Gasteiger partial charge in [0, 0.05) is 27.9 Å².